The topological polar surface area (TPSA) is 255 Å². The van der Waals surface area contributed by atoms with Crippen LogP contribution in [0.4, 0.5) is 0 Å². The van der Waals surface area contributed by atoms with E-state index in [1.807, 2.05) is 78.9 Å². The maximum Gasteiger partial charge on any atom is 0.311 e. The number of nitrogens with zero attached hydrogens (tertiary/aromatic N) is 4. The summed E-state index contributed by atoms with van der Waals surface area (Å²) in [5.74, 6) is -2.66. The summed E-state index contributed by atoms with van der Waals surface area (Å²) in [4.78, 5) is 108. The van der Waals surface area contributed by atoms with Gasteiger partial charge >= 0.3 is 23.9 Å². The molecule has 8 rings (SSSR count). The average molecular weight is 1320 g/mol. The molecule has 2 heterocycles. The molecular formula is C75H94N8O13. The van der Waals surface area contributed by atoms with E-state index in [1.165, 1.54) is 11.1 Å². The maximum atomic E-state index is 13.3. The van der Waals surface area contributed by atoms with Crippen LogP contribution in [0.15, 0.2) is 158 Å². The zero-order chi connectivity index (χ0) is 68.9. The number of aromatic hydroxyl groups is 1. The van der Waals surface area contributed by atoms with Crippen LogP contribution in [0.25, 0.3) is 0 Å². The lowest BCUT2D eigenvalue weighted by Gasteiger charge is -2.47. The first-order valence-corrected chi connectivity index (χ1v) is 33.3. The highest BCUT2D eigenvalue weighted by Crippen LogP contribution is 2.38. The normalized spacial score (nSPS) is 17.2. The van der Waals surface area contributed by atoms with E-state index < -0.39 is 23.7 Å². The molecule has 2 aliphatic heterocycles. The second kappa shape index (κ2) is 38.3. The van der Waals surface area contributed by atoms with Gasteiger partial charge in [0.05, 0.1) is 31.9 Å². The summed E-state index contributed by atoms with van der Waals surface area (Å²) in [6, 6.07) is 50.5. The largest absolute Gasteiger partial charge is 0.508 e. The van der Waals surface area contributed by atoms with E-state index in [0.717, 1.165) is 61.5 Å². The molecule has 0 aromatic heterocycles. The molecular weight excluding hydrogens is 1220 g/mol. The van der Waals surface area contributed by atoms with Gasteiger partial charge in [-0.2, -0.15) is 0 Å². The number of benzene rings is 6. The molecule has 5 N–H and O–H groups in total. The molecule has 21 heteroatoms. The van der Waals surface area contributed by atoms with E-state index in [-0.39, 0.29) is 111 Å². The number of carbonyl (C=O) groups is 8. The predicted molar refractivity (Wildman–Crippen MR) is 364 cm³/mol. The molecule has 21 nitrogen and oxygen atoms in total. The van der Waals surface area contributed by atoms with Crippen LogP contribution in [0.5, 0.6) is 11.5 Å². The number of carbonyl (C=O) groups excluding carboxylic acids is 8. The third-order valence-electron chi connectivity index (χ3n) is 16.8. The van der Waals surface area contributed by atoms with Gasteiger partial charge in [-0.3, -0.25) is 79.7 Å². The van der Waals surface area contributed by atoms with Crippen LogP contribution < -0.4 is 26.4 Å². The highest BCUT2D eigenvalue weighted by molar-refractivity contribution is 5.96. The molecule has 0 radical (unpaired) electrons. The van der Waals surface area contributed by atoms with Gasteiger partial charge < -0.3 is 24.1 Å². The first-order valence-electron chi connectivity index (χ1n) is 33.3. The lowest BCUT2D eigenvalue weighted by atomic mass is 9.92. The Balaban J connectivity index is 0.000000277. The molecule has 6 aromatic carbocycles. The molecule has 0 aliphatic carbocycles. The number of phenolic OH excluding ortho intramolecular Hbond substituents is 1. The molecule has 6 aromatic rings. The Labute approximate surface area is 564 Å². The van der Waals surface area contributed by atoms with Crippen molar-refractivity contribution in [3.8, 4) is 11.5 Å². The first kappa shape index (κ1) is 74.1. The van der Waals surface area contributed by atoms with Crippen molar-refractivity contribution in [2.75, 3.05) is 46.0 Å². The number of piperazine rings is 2. The smallest absolute Gasteiger partial charge is 0.311 e. The van der Waals surface area contributed by atoms with Crippen molar-refractivity contribution in [2.45, 2.75) is 156 Å². The van der Waals surface area contributed by atoms with Gasteiger partial charge in [0.1, 0.15) is 11.5 Å². The summed E-state index contributed by atoms with van der Waals surface area (Å²) in [6.07, 6.45) is 1.57. The molecule has 4 amide bonds. The highest BCUT2D eigenvalue weighted by Gasteiger charge is 2.37. The molecule has 0 bridgehead atoms. The highest BCUT2D eigenvalue weighted by atomic mass is 16.5. The minimum atomic E-state index is -0.482. The Hall–Kier alpha value is -9.28. The van der Waals surface area contributed by atoms with E-state index in [2.05, 4.69) is 118 Å². The average Bonchev–Trinajstić information content (AvgIpc) is 0.791. The Morgan fingerprint density at radius 1 is 0.417 bits per heavy atom. The Morgan fingerprint density at radius 3 is 1.21 bits per heavy atom. The molecule has 0 spiro atoms. The van der Waals surface area contributed by atoms with Gasteiger partial charge in [0, 0.05) is 113 Å². The SMILES string of the molecule is CCOC(=O)CCCC(=O)NNC(=O)c1cccc([C@H](c2cccc(O)c2)N2C[C@@H](C)N(Cc3ccccc3)C[C@@H]2C)c1.CCOC(=O)CCCC(=O)NNC(=O)c1cccc([C@H](c2cccc(OC(=O)CCCC(=O)OCC)c2)N2C[C@@H](C)N(Cc3ccccc3)C[C@@H]2C)c1. The van der Waals surface area contributed by atoms with E-state index >= 15 is 0 Å². The number of amides is 4. The van der Waals surface area contributed by atoms with E-state index in [9.17, 15) is 43.5 Å². The van der Waals surface area contributed by atoms with Gasteiger partial charge in [0.15, 0.2) is 0 Å². The quantitative estimate of drug-likeness (QED) is 0.0132. The van der Waals surface area contributed by atoms with Crippen LogP contribution in [0.1, 0.15) is 172 Å². The molecule has 512 valence electrons. The first-order chi connectivity index (χ1) is 46.3. The van der Waals surface area contributed by atoms with Gasteiger partial charge in [0.2, 0.25) is 11.8 Å². The fourth-order valence-corrected chi connectivity index (χ4v) is 12.1. The van der Waals surface area contributed by atoms with E-state index in [0.29, 0.717) is 49.4 Å². The molecule has 0 unspecified atom stereocenters. The van der Waals surface area contributed by atoms with Crippen molar-refractivity contribution in [1.82, 2.24) is 41.3 Å². The van der Waals surface area contributed by atoms with Crippen LogP contribution in [-0.4, -0.2) is 142 Å². The van der Waals surface area contributed by atoms with Crippen molar-refractivity contribution in [2.24, 2.45) is 0 Å². The summed E-state index contributed by atoms with van der Waals surface area (Å²) >= 11 is 0. The third-order valence-corrected chi connectivity index (χ3v) is 16.8. The van der Waals surface area contributed by atoms with Crippen molar-refractivity contribution in [3.05, 3.63) is 202 Å². The fraction of sp³-hybridized carbons (Fsp3) is 0.413. The molecule has 2 aliphatic rings. The maximum absolute atomic E-state index is 13.3. The van der Waals surface area contributed by atoms with E-state index in [1.54, 1.807) is 51.1 Å². The van der Waals surface area contributed by atoms with Crippen molar-refractivity contribution in [1.29, 1.82) is 0 Å². The fourth-order valence-electron chi connectivity index (χ4n) is 12.1. The third kappa shape index (κ3) is 23.3. The lowest BCUT2D eigenvalue weighted by molar-refractivity contribution is -0.144. The molecule has 2 saturated heterocycles. The molecule has 6 atom stereocenters. The number of hydrazine groups is 2. The second-order valence-corrected chi connectivity index (χ2v) is 24.3. The molecule has 0 saturated carbocycles. The summed E-state index contributed by atoms with van der Waals surface area (Å²) in [7, 11) is 0. The second-order valence-electron chi connectivity index (χ2n) is 24.3. The van der Waals surface area contributed by atoms with Crippen LogP contribution in [0.3, 0.4) is 0 Å². The number of rotatable bonds is 28. The Kier molecular flexibility index (Phi) is 29.6. The summed E-state index contributed by atoms with van der Waals surface area (Å²) in [6.45, 7) is 19.8. The lowest BCUT2D eigenvalue weighted by Crippen LogP contribution is -2.56. The number of hydrogen-bond acceptors (Lipinski definition) is 17. The number of hydrogen-bond donors (Lipinski definition) is 5. The van der Waals surface area contributed by atoms with Crippen molar-refractivity contribution < 1.29 is 62.4 Å². The summed E-state index contributed by atoms with van der Waals surface area (Å²) < 4.78 is 20.4. The van der Waals surface area contributed by atoms with Crippen molar-refractivity contribution in [3.63, 3.8) is 0 Å². The van der Waals surface area contributed by atoms with Gasteiger partial charge in [-0.15, -0.1) is 0 Å². The summed E-state index contributed by atoms with van der Waals surface area (Å²) in [5, 5.41) is 10.4. The number of nitrogens with one attached hydrogen (secondary N) is 4. The zero-order valence-electron chi connectivity index (χ0n) is 56.3. The van der Waals surface area contributed by atoms with Gasteiger partial charge in [-0.1, -0.05) is 109 Å². The van der Waals surface area contributed by atoms with E-state index in [4.69, 9.17) is 18.9 Å². The molecule has 2 fully saturated rings. The van der Waals surface area contributed by atoms with Gasteiger partial charge in [-0.05, 0) is 150 Å². The van der Waals surface area contributed by atoms with Crippen LogP contribution in [0.2, 0.25) is 0 Å². The minimum Gasteiger partial charge on any atom is -0.508 e. The van der Waals surface area contributed by atoms with Crippen LogP contribution in [0, 0.1) is 0 Å². The number of ether oxygens (including phenoxy) is 4. The number of phenols is 1. The molecule has 96 heavy (non-hydrogen) atoms. The standard InChI is InChI=1S/C41H52N4O8.C34H42N4O5/c1-5-51-37(47)21-12-20-36(46)42-43-41(50)34-18-10-16-32(24-34)40(45-27-29(3)44(26-30(45)4)28-31-14-8-7-9-15-31)33-17-11-19-35(25-33)53-39(49)23-13-22-38(48)52-6-2;1-4-43-32(41)18-10-17-31(40)35-36-34(42)29-15-8-13-27(19-29)33(28-14-9-16-30(39)20-28)38-22-24(2)37(21-25(38)3)23-26-11-6-5-7-12-26/h7-11,14-19,24-25,29-30,40H,5-6,12-13,20-23,26-28H2,1-4H3,(H,42,46)(H,43,50);5-9,11-16,19-20,24-25,33,39H,4,10,17-18,21-23H2,1-3H3,(H,35,40)(H,36,42)/t29-,30+,40-;24-,25+,33-/m11/s1. The zero-order valence-corrected chi connectivity index (χ0v) is 56.3. The van der Waals surface area contributed by atoms with Crippen LogP contribution in [-0.2, 0) is 56.1 Å². The Bertz CT molecular complexity index is 3520. The monoisotopic (exact) mass is 1310 g/mol. The van der Waals surface area contributed by atoms with Gasteiger partial charge in [0.25, 0.3) is 11.8 Å². The van der Waals surface area contributed by atoms with Crippen molar-refractivity contribution >= 4 is 47.5 Å². The van der Waals surface area contributed by atoms with Gasteiger partial charge in [-0.25, -0.2) is 0 Å². The van der Waals surface area contributed by atoms with Crippen LogP contribution >= 0.6 is 0 Å². The number of esters is 4. The predicted octanol–water partition coefficient (Wildman–Crippen LogP) is 10.1. The Morgan fingerprint density at radius 2 is 0.792 bits per heavy atom. The minimum absolute atomic E-state index is 0.0554. The summed E-state index contributed by atoms with van der Waals surface area (Å²) in [5.41, 5.74) is 16.7.